The van der Waals surface area contributed by atoms with E-state index < -0.39 is 6.10 Å². The van der Waals surface area contributed by atoms with Crippen LogP contribution < -0.4 is 0 Å². The zero-order valence-corrected chi connectivity index (χ0v) is 8.62. The van der Waals surface area contributed by atoms with Crippen molar-refractivity contribution in [1.82, 2.24) is 0 Å². The van der Waals surface area contributed by atoms with Crippen LogP contribution in [0.15, 0.2) is 36.4 Å². The molecule has 0 saturated heterocycles. The molecule has 2 aromatic carbocycles. The summed E-state index contributed by atoms with van der Waals surface area (Å²) in [6, 6.07) is 11.5. The second kappa shape index (κ2) is 3.60. The Morgan fingerprint density at radius 2 is 1.71 bits per heavy atom. The number of benzene rings is 2. The summed E-state index contributed by atoms with van der Waals surface area (Å²) >= 11 is 6.05. The zero-order chi connectivity index (χ0) is 10.1. The van der Waals surface area contributed by atoms with Crippen LogP contribution in [0.5, 0.6) is 0 Å². The number of aliphatic hydroxyl groups excluding tert-OH is 1. The van der Waals surface area contributed by atoms with E-state index in [0.717, 1.165) is 21.4 Å². The van der Waals surface area contributed by atoms with Crippen molar-refractivity contribution >= 4 is 22.4 Å². The summed E-state index contributed by atoms with van der Waals surface area (Å²) in [6.45, 7) is 1.76. The highest BCUT2D eigenvalue weighted by Gasteiger charge is 2.07. The van der Waals surface area contributed by atoms with Gasteiger partial charge < -0.3 is 5.11 Å². The molecule has 1 nitrogen and oxygen atoms in total. The van der Waals surface area contributed by atoms with Crippen molar-refractivity contribution in [3.05, 3.63) is 47.0 Å². The maximum absolute atomic E-state index is 9.57. The topological polar surface area (TPSA) is 20.2 Å². The summed E-state index contributed by atoms with van der Waals surface area (Å²) in [5, 5.41) is 12.3. The summed E-state index contributed by atoms with van der Waals surface area (Å²) in [4.78, 5) is 0. The van der Waals surface area contributed by atoms with E-state index in [1.165, 1.54) is 0 Å². The Balaban J connectivity index is 2.82. The molecule has 0 radical (unpaired) electrons. The molecule has 1 unspecified atom stereocenters. The highest BCUT2D eigenvalue weighted by Crippen LogP contribution is 2.29. The summed E-state index contributed by atoms with van der Waals surface area (Å²) in [7, 11) is 0. The molecule has 0 spiro atoms. The maximum Gasteiger partial charge on any atom is 0.0767 e. The van der Waals surface area contributed by atoms with E-state index in [0.29, 0.717) is 0 Å². The van der Waals surface area contributed by atoms with Crippen LogP contribution in [0.2, 0.25) is 5.02 Å². The fourth-order valence-electron chi connectivity index (χ4n) is 1.65. The smallest absolute Gasteiger partial charge is 0.0767 e. The minimum absolute atomic E-state index is 0.461. The number of fused-ring (bicyclic) bond motifs is 1. The van der Waals surface area contributed by atoms with Gasteiger partial charge in [-0.15, -0.1) is 0 Å². The Hall–Kier alpha value is -1.05. The Morgan fingerprint density at radius 3 is 2.36 bits per heavy atom. The molecule has 0 aliphatic carbocycles. The van der Waals surface area contributed by atoms with Gasteiger partial charge >= 0.3 is 0 Å². The Kier molecular flexibility index (Phi) is 2.44. The minimum Gasteiger partial charge on any atom is -0.389 e. The first kappa shape index (κ1) is 9.50. The molecule has 0 heterocycles. The molecular formula is C12H11ClO. The van der Waals surface area contributed by atoms with E-state index >= 15 is 0 Å². The minimum atomic E-state index is -0.461. The van der Waals surface area contributed by atoms with Crippen molar-refractivity contribution in [2.24, 2.45) is 0 Å². The first-order valence-corrected chi connectivity index (χ1v) is 4.93. The molecule has 0 fully saturated rings. The van der Waals surface area contributed by atoms with Gasteiger partial charge in [-0.3, -0.25) is 0 Å². The summed E-state index contributed by atoms with van der Waals surface area (Å²) < 4.78 is 0. The molecule has 0 bridgehead atoms. The molecule has 72 valence electrons. The third kappa shape index (κ3) is 1.49. The van der Waals surface area contributed by atoms with E-state index in [-0.39, 0.29) is 0 Å². The van der Waals surface area contributed by atoms with Gasteiger partial charge in [0.2, 0.25) is 0 Å². The predicted molar refractivity (Wildman–Crippen MR) is 59.6 cm³/mol. The molecule has 1 N–H and O–H groups in total. The van der Waals surface area contributed by atoms with Crippen LogP contribution in [0.3, 0.4) is 0 Å². The highest BCUT2D eigenvalue weighted by atomic mass is 35.5. The number of aliphatic hydroxyl groups is 1. The summed E-state index contributed by atoms with van der Waals surface area (Å²) in [5.74, 6) is 0. The molecule has 2 aromatic rings. The van der Waals surface area contributed by atoms with Crippen LogP contribution in [0, 0.1) is 0 Å². The average Bonchev–Trinajstić information content (AvgIpc) is 2.18. The predicted octanol–water partition coefficient (Wildman–Crippen LogP) is 3.55. The lowest BCUT2D eigenvalue weighted by Crippen LogP contribution is -1.92. The number of halogens is 1. The second-order valence-corrected chi connectivity index (χ2v) is 3.77. The van der Waals surface area contributed by atoms with Crippen molar-refractivity contribution in [3.8, 4) is 0 Å². The fraction of sp³-hybridized carbons (Fsp3) is 0.167. The van der Waals surface area contributed by atoms with Gasteiger partial charge in [-0.25, -0.2) is 0 Å². The third-order valence-corrected chi connectivity index (χ3v) is 2.68. The molecule has 14 heavy (non-hydrogen) atoms. The zero-order valence-electron chi connectivity index (χ0n) is 7.87. The van der Waals surface area contributed by atoms with Gasteiger partial charge in [0.15, 0.2) is 0 Å². The van der Waals surface area contributed by atoms with E-state index in [1.54, 1.807) is 6.92 Å². The van der Waals surface area contributed by atoms with Gasteiger partial charge in [0.1, 0.15) is 0 Å². The van der Waals surface area contributed by atoms with Crippen LogP contribution in [0.1, 0.15) is 18.6 Å². The lowest BCUT2D eigenvalue weighted by Gasteiger charge is -2.09. The fourth-order valence-corrected chi connectivity index (χ4v) is 1.88. The van der Waals surface area contributed by atoms with Crippen LogP contribution in [-0.4, -0.2) is 5.11 Å². The second-order valence-electron chi connectivity index (χ2n) is 3.36. The van der Waals surface area contributed by atoms with Crippen LogP contribution in [0.4, 0.5) is 0 Å². The average molecular weight is 207 g/mol. The SMILES string of the molecule is CC(O)c1ccc(Cl)c2ccccc12. The lowest BCUT2D eigenvalue weighted by atomic mass is 10.0. The molecule has 2 rings (SSSR count). The number of hydrogen-bond acceptors (Lipinski definition) is 1. The van der Waals surface area contributed by atoms with E-state index in [2.05, 4.69) is 0 Å². The van der Waals surface area contributed by atoms with Gasteiger partial charge in [0, 0.05) is 10.4 Å². The Bertz CT molecular complexity index is 463. The van der Waals surface area contributed by atoms with Gasteiger partial charge in [-0.1, -0.05) is 41.9 Å². The molecule has 0 amide bonds. The highest BCUT2D eigenvalue weighted by molar-refractivity contribution is 6.35. The van der Waals surface area contributed by atoms with Crippen LogP contribution >= 0.6 is 11.6 Å². The van der Waals surface area contributed by atoms with Crippen molar-refractivity contribution in [3.63, 3.8) is 0 Å². The molecule has 0 aromatic heterocycles. The maximum atomic E-state index is 9.57. The molecular weight excluding hydrogens is 196 g/mol. The number of rotatable bonds is 1. The van der Waals surface area contributed by atoms with Crippen LogP contribution in [0.25, 0.3) is 10.8 Å². The third-order valence-electron chi connectivity index (χ3n) is 2.35. The first-order valence-electron chi connectivity index (χ1n) is 4.55. The molecule has 2 heteroatoms. The van der Waals surface area contributed by atoms with Gasteiger partial charge in [-0.05, 0) is 23.9 Å². The molecule has 0 aliphatic rings. The van der Waals surface area contributed by atoms with Crippen molar-refractivity contribution in [2.45, 2.75) is 13.0 Å². The van der Waals surface area contributed by atoms with E-state index in [4.69, 9.17) is 11.6 Å². The Labute approximate surface area is 87.9 Å². The van der Waals surface area contributed by atoms with Gasteiger partial charge in [0.25, 0.3) is 0 Å². The normalized spacial score (nSPS) is 13.1. The largest absolute Gasteiger partial charge is 0.389 e. The van der Waals surface area contributed by atoms with Crippen molar-refractivity contribution in [2.75, 3.05) is 0 Å². The Morgan fingerprint density at radius 1 is 1.07 bits per heavy atom. The van der Waals surface area contributed by atoms with E-state index in [9.17, 15) is 5.11 Å². The van der Waals surface area contributed by atoms with E-state index in [1.807, 2.05) is 36.4 Å². The quantitative estimate of drug-likeness (QED) is 0.757. The first-order chi connectivity index (χ1) is 6.70. The monoisotopic (exact) mass is 206 g/mol. The molecule has 0 saturated carbocycles. The molecule has 1 atom stereocenters. The lowest BCUT2D eigenvalue weighted by molar-refractivity contribution is 0.201. The standard InChI is InChI=1S/C12H11ClO/c1-8(14)9-6-7-12(13)11-5-3-2-4-10(9)11/h2-8,14H,1H3. The molecule has 0 aliphatic heterocycles. The van der Waals surface area contributed by atoms with Crippen molar-refractivity contribution < 1.29 is 5.11 Å². The van der Waals surface area contributed by atoms with Crippen molar-refractivity contribution in [1.29, 1.82) is 0 Å². The summed E-state index contributed by atoms with van der Waals surface area (Å²) in [6.07, 6.45) is -0.461. The van der Waals surface area contributed by atoms with Gasteiger partial charge in [-0.2, -0.15) is 0 Å². The summed E-state index contributed by atoms with van der Waals surface area (Å²) in [5.41, 5.74) is 0.921. The number of hydrogen-bond donors (Lipinski definition) is 1. The van der Waals surface area contributed by atoms with Crippen LogP contribution in [-0.2, 0) is 0 Å². The van der Waals surface area contributed by atoms with Gasteiger partial charge in [0.05, 0.1) is 6.10 Å².